The number of carbonyl (C=O) groups is 1. The zero-order valence-electron chi connectivity index (χ0n) is 13.9. The Morgan fingerprint density at radius 3 is 2.37 bits per heavy atom. The Balaban J connectivity index is 1.79. The van der Waals surface area contributed by atoms with Crippen LogP contribution in [0.3, 0.4) is 0 Å². The van der Waals surface area contributed by atoms with E-state index in [2.05, 4.69) is 15.3 Å². The second-order valence-corrected chi connectivity index (χ2v) is 6.24. The lowest BCUT2D eigenvalue weighted by Crippen LogP contribution is -2.37. The molecule has 2 atom stereocenters. The predicted molar refractivity (Wildman–Crippen MR) is 87.9 cm³/mol. The summed E-state index contributed by atoms with van der Waals surface area (Å²) in [6.45, 7) is 1.08. The molecule has 2 aromatic rings. The van der Waals surface area contributed by atoms with Gasteiger partial charge in [-0.05, 0) is 23.6 Å². The van der Waals surface area contributed by atoms with Crippen molar-refractivity contribution in [3.05, 3.63) is 53.6 Å². The van der Waals surface area contributed by atoms with Gasteiger partial charge >= 0.3 is 12.3 Å². The van der Waals surface area contributed by atoms with E-state index in [1.54, 1.807) is 12.1 Å². The largest absolute Gasteiger partial charge is 0.465 e. The highest BCUT2D eigenvalue weighted by Gasteiger charge is 2.34. The normalized spacial score (nSPS) is 19.9. The quantitative estimate of drug-likeness (QED) is 0.792. The lowest BCUT2D eigenvalue weighted by atomic mass is 9.88. The second-order valence-electron chi connectivity index (χ2n) is 6.24. The molecule has 2 N–H and O–H groups in total. The summed E-state index contributed by atoms with van der Waals surface area (Å²) in [4.78, 5) is 19.6. The number of aromatic nitrogens is 2. The van der Waals surface area contributed by atoms with Crippen LogP contribution in [0.25, 0.3) is 0 Å². The molecule has 1 aromatic heterocycles. The van der Waals surface area contributed by atoms with E-state index >= 15 is 0 Å². The molecule has 2 heterocycles. The van der Waals surface area contributed by atoms with E-state index in [9.17, 15) is 27.5 Å². The molecule has 1 amide bonds. The van der Waals surface area contributed by atoms with E-state index in [1.807, 2.05) is 0 Å². The van der Waals surface area contributed by atoms with Crippen molar-refractivity contribution in [1.82, 2.24) is 15.3 Å². The highest BCUT2D eigenvalue weighted by molar-refractivity contribution is 5.83. The Morgan fingerprint density at radius 1 is 1.19 bits per heavy atom. The average molecular weight is 384 g/mol. The minimum Gasteiger partial charge on any atom is -0.465 e. The first-order valence-corrected chi connectivity index (χ1v) is 8.11. The first kappa shape index (κ1) is 19.0. The number of anilines is 1. The number of halogens is 4. The summed E-state index contributed by atoms with van der Waals surface area (Å²) in [6.07, 6.45) is -4.85. The van der Waals surface area contributed by atoms with Crippen molar-refractivity contribution in [3.8, 4) is 0 Å². The lowest BCUT2D eigenvalue weighted by Gasteiger charge is -2.25. The molecular formula is C17H16F4N4O2. The summed E-state index contributed by atoms with van der Waals surface area (Å²) in [5.74, 6) is -0.925. The van der Waals surface area contributed by atoms with Gasteiger partial charge < -0.3 is 10.4 Å². The molecule has 3 rings (SSSR count). The van der Waals surface area contributed by atoms with Gasteiger partial charge in [-0.2, -0.15) is 13.2 Å². The number of hydrogen-bond donors (Lipinski definition) is 2. The number of alkyl halides is 3. The van der Waals surface area contributed by atoms with E-state index in [0.717, 1.165) is 10.5 Å². The molecule has 0 aliphatic carbocycles. The highest BCUT2D eigenvalue weighted by Crippen LogP contribution is 2.31. The molecule has 27 heavy (non-hydrogen) atoms. The fraction of sp³-hybridized carbons (Fsp3) is 0.353. The summed E-state index contributed by atoms with van der Waals surface area (Å²) in [5, 5.41) is 12.6. The van der Waals surface area contributed by atoms with Crippen LogP contribution in [0.4, 0.5) is 28.3 Å². The van der Waals surface area contributed by atoms with Gasteiger partial charge in [-0.25, -0.2) is 24.1 Å². The maximum absolute atomic E-state index is 13.1. The van der Waals surface area contributed by atoms with Gasteiger partial charge in [0.2, 0.25) is 5.95 Å². The topological polar surface area (TPSA) is 78.4 Å². The van der Waals surface area contributed by atoms with E-state index in [-0.39, 0.29) is 30.1 Å². The van der Waals surface area contributed by atoms with E-state index in [0.29, 0.717) is 25.5 Å². The molecule has 1 aliphatic rings. The first-order valence-electron chi connectivity index (χ1n) is 8.11. The van der Waals surface area contributed by atoms with Crippen LogP contribution in [-0.2, 0) is 6.18 Å². The molecule has 10 heteroatoms. The molecule has 0 bridgehead atoms. The number of nitrogens with zero attached hydrogens (tertiary/aromatic N) is 3. The number of nitrogens with one attached hydrogen (secondary N) is 1. The van der Waals surface area contributed by atoms with Gasteiger partial charge in [0.15, 0.2) is 0 Å². The van der Waals surface area contributed by atoms with Crippen LogP contribution in [0.15, 0.2) is 36.7 Å². The molecule has 0 spiro atoms. The molecule has 1 fully saturated rings. The molecule has 2 unspecified atom stereocenters. The fourth-order valence-electron chi connectivity index (χ4n) is 3.11. The smallest absolute Gasteiger partial charge is 0.419 e. The van der Waals surface area contributed by atoms with Crippen molar-refractivity contribution in [1.29, 1.82) is 0 Å². The van der Waals surface area contributed by atoms with Crippen molar-refractivity contribution in [2.45, 2.75) is 12.1 Å². The van der Waals surface area contributed by atoms with Gasteiger partial charge in [0, 0.05) is 37.9 Å². The number of rotatable bonds is 4. The van der Waals surface area contributed by atoms with Gasteiger partial charge in [-0.1, -0.05) is 12.1 Å². The SMILES string of the molecule is O=C(O)N(CC1CNCC1c1ccc(F)cc1)c1ncc(C(F)(F)F)cn1. The Labute approximate surface area is 151 Å². The maximum Gasteiger partial charge on any atom is 0.419 e. The van der Waals surface area contributed by atoms with Gasteiger partial charge in [-0.15, -0.1) is 0 Å². The van der Waals surface area contributed by atoms with E-state index < -0.39 is 17.8 Å². The highest BCUT2D eigenvalue weighted by atomic mass is 19.4. The van der Waals surface area contributed by atoms with Crippen LogP contribution in [-0.4, -0.2) is 40.8 Å². The minimum absolute atomic E-state index is 0.00423. The third kappa shape index (κ3) is 4.33. The van der Waals surface area contributed by atoms with Crippen LogP contribution < -0.4 is 10.2 Å². The van der Waals surface area contributed by atoms with Gasteiger partial charge in [0.1, 0.15) is 5.82 Å². The van der Waals surface area contributed by atoms with Gasteiger partial charge in [-0.3, -0.25) is 0 Å². The van der Waals surface area contributed by atoms with Crippen LogP contribution in [0, 0.1) is 11.7 Å². The van der Waals surface area contributed by atoms with Crippen LogP contribution >= 0.6 is 0 Å². The lowest BCUT2D eigenvalue weighted by molar-refractivity contribution is -0.138. The molecule has 0 radical (unpaired) electrons. The molecule has 0 saturated carbocycles. The fourth-order valence-corrected chi connectivity index (χ4v) is 3.11. The summed E-state index contributed by atoms with van der Waals surface area (Å²) in [6, 6.07) is 5.94. The Bertz CT molecular complexity index is 796. The summed E-state index contributed by atoms with van der Waals surface area (Å²) in [7, 11) is 0. The summed E-state index contributed by atoms with van der Waals surface area (Å²) >= 11 is 0. The van der Waals surface area contributed by atoms with Crippen LogP contribution in [0.5, 0.6) is 0 Å². The maximum atomic E-state index is 13.1. The number of carboxylic acid groups (broad SMARTS) is 1. The average Bonchev–Trinajstić information content (AvgIpc) is 3.08. The Hall–Kier alpha value is -2.75. The number of hydrogen-bond acceptors (Lipinski definition) is 4. The molecule has 1 saturated heterocycles. The predicted octanol–water partition coefficient (Wildman–Crippen LogP) is 3.12. The molecule has 6 nitrogen and oxygen atoms in total. The van der Waals surface area contributed by atoms with Crippen molar-refractivity contribution in [3.63, 3.8) is 0 Å². The Kier molecular flexibility index (Phi) is 5.26. The monoisotopic (exact) mass is 384 g/mol. The third-order valence-corrected chi connectivity index (χ3v) is 4.49. The van der Waals surface area contributed by atoms with Crippen molar-refractivity contribution >= 4 is 12.0 Å². The molecular weight excluding hydrogens is 368 g/mol. The molecule has 1 aromatic carbocycles. The molecule has 144 valence electrons. The van der Waals surface area contributed by atoms with E-state index in [1.165, 1.54) is 12.1 Å². The van der Waals surface area contributed by atoms with Gasteiger partial charge in [0.25, 0.3) is 0 Å². The Morgan fingerprint density at radius 2 is 1.81 bits per heavy atom. The first-order chi connectivity index (χ1) is 12.8. The minimum atomic E-state index is -4.60. The number of benzene rings is 1. The summed E-state index contributed by atoms with van der Waals surface area (Å²) < 4.78 is 51.0. The van der Waals surface area contributed by atoms with Gasteiger partial charge in [0.05, 0.1) is 5.56 Å². The van der Waals surface area contributed by atoms with Crippen LogP contribution in [0.1, 0.15) is 17.0 Å². The van der Waals surface area contributed by atoms with Crippen molar-refractivity contribution < 1.29 is 27.5 Å². The molecule has 1 aliphatic heterocycles. The zero-order chi connectivity index (χ0) is 19.6. The standard InChI is InChI=1S/C17H16F4N4O2/c18-13-3-1-10(2-4-13)14-8-22-5-11(14)9-25(16(26)27)15-23-6-12(7-24-15)17(19,20)21/h1-4,6-7,11,14,22H,5,8-9H2,(H,26,27). The summed E-state index contributed by atoms with van der Waals surface area (Å²) in [5.41, 5.74) is -0.201. The van der Waals surface area contributed by atoms with Crippen molar-refractivity contribution in [2.75, 3.05) is 24.5 Å². The number of amides is 1. The second kappa shape index (κ2) is 7.47. The zero-order valence-corrected chi connectivity index (χ0v) is 13.9. The van der Waals surface area contributed by atoms with Crippen molar-refractivity contribution in [2.24, 2.45) is 5.92 Å². The third-order valence-electron chi connectivity index (χ3n) is 4.49. The van der Waals surface area contributed by atoms with E-state index in [4.69, 9.17) is 0 Å². The van der Waals surface area contributed by atoms with Crippen LogP contribution in [0.2, 0.25) is 0 Å².